The molecule has 4 nitrogen and oxygen atoms in total. The minimum Gasteiger partial charge on any atom is -0.380 e. The van der Waals surface area contributed by atoms with Crippen LogP contribution >= 0.6 is 22.9 Å². The van der Waals surface area contributed by atoms with Gasteiger partial charge in [-0.25, -0.2) is 10.2 Å². The van der Waals surface area contributed by atoms with E-state index in [0.717, 1.165) is 37.0 Å². The minimum absolute atomic E-state index is 0.553. The average molecular weight is 503 g/mol. The number of nitriles is 1. The van der Waals surface area contributed by atoms with Gasteiger partial charge in [0, 0.05) is 42.5 Å². The van der Waals surface area contributed by atoms with Crippen LogP contribution in [-0.4, -0.2) is 18.6 Å². The van der Waals surface area contributed by atoms with Gasteiger partial charge in [-0.2, -0.15) is 0 Å². The SMILES string of the molecule is C#N.Cc1c(CCC(=C2CCC2)N(C)c2ccccc2)sc2c(NCC3=CC=CC3)cc(Cl)nc12. The van der Waals surface area contributed by atoms with Crippen molar-refractivity contribution in [2.45, 2.75) is 45.4 Å². The Labute approximate surface area is 217 Å². The lowest BCUT2D eigenvalue weighted by Gasteiger charge is -2.30. The van der Waals surface area contributed by atoms with Gasteiger partial charge in [-0.05, 0) is 68.7 Å². The van der Waals surface area contributed by atoms with Crippen LogP contribution in [0.2, 0.25) is 5.15 Å². The van der Waals surface area contributed by atoms with Crippen LogP contribution < -0.4 is 10.2 Å². The molecule has 0 bridgehead atoms. The van der Waals surface area contributed by atoms with E-state index in [1.807, 2.05) is 17.4 Å². The molecule has 0 atom stereocenters. The Morgan fingerprint density at radius 1 is 1.23 bits per heavy atom. The molecule has 2 heterocycles. The van der Waals surface area contributed by atoms with E-state index in [9.17, 15) is 0 Å². The van der Waals surface area contributed by atoms with Gasteiger partial charge in [0.1, 0.15) is 5.15 Å². The monoisotopic (exact) mass is 502 g/mol. The largest absolute Gasteiger partial charge is 0.380 e. The topological polar surface area (TPSA) is 52.0 Å². The highest BCUT2D eigenvalue weighted by atomic mass is 35.5. The number of para-hydroxylation sites is 1. The predicted molar refractivity (Wildman–Crippen MR) is 150 cm³/mol. The van der Waals surface area contributed by atoms with E-state index in [1.165, 1.54) is 51.4 Å². The number of pyridine rings is 1. The second-order valence-electron chi connectivity index (χ2n) is 8.93. The number of aryl methyl sites for hydroxylation is 2. The standard InChI is InChI=1S/C28H30ClN3S.CHN/c1-19-25(16-15-24(21-11-8-12-21)32(2)22-13-4-3-5-14-22)33-28-23(17-26(29)31-27(19)28)30-18-20-9-6-7-10-20;1-2/h3-7,9,13-14,17H,8,10-12,15-16,18H2,1-2H3,(H,30,31);1H. The molecule has 2 aromatic heterocycles. The highest BCUT2D eigenvalue weighted by molar-refractivity contribution is 7.19. The molecule has 0 radical (unpaired) electrons. The van der Waals surface area contributed by atoms with Gasteiger partial charge in [-0.1, -0.05) is 53.6 Å². The van der Waals surface area contributed by atoms with Crippen molar-refractivity contribution in [3.8, 4) is 6.57 Å². The van der Waals surface area contributed by atoms with Gasteiger partial charge in [-0.3, -0.25) is 0 Å². The third kappa shape index (κ3) is 5.61. The number of anilines is 2. The quantitative estimate of drug-likeness (QED) is 0.315. The number of rotatable bonds is 8. The maximum absolute atomic E-state index is 6.50. The first kappa shape index (κ1) is 25.0. The van der Waals surface area contributed by atoms with Crippen LogP contribution in [-0.2, 0) is 6.42 Å². The first-order chi connectivity index (χ1) is 17.1. The molecule has 1 N–H and O–H groups in total. The summed E-state index contributed by atoms with van der Waals surface area (Å²) in [6.07, 6.45) is 13.4. The molecule has 180 valence electrons. The molecule has 2 aliphatic carbocycles. The van der Waals surface area contributed by atoms with Crippen LogP contribution in [0.15, 0.2) is 71.5 Å². The third-order valence-corrected chi connectivity index (χ3v) is 8.36. The van der Waals surface area contributed by atoms with Crippen molar-refractivity contribution < 1.29 is 0 Å². The summed E-state index contributed by atoms with van der Waals surface area (Å²) in [5.74, 6) is 0. The Morgan fingerprint density at radius 3 is 2.66 bits per heavy atom. The molecule has 35 heavy (non-hydrogen) atoms. The number of thiophene rings is 1. The second kappa shape index (κ2) is 11.6. The summed E-state index contributed by atoms with van der Waals surface area (Å²) in [5.41, 5.74) is 9.15. The van der Waals surface area contributed by atoms with Gasteiger partial charge in [0.05, 0.1) is 15.9 Å². The van der Waals surface area contributed by atoms with Crippen LogP contribution in [0.1, 0.15) is 42.5 Å². The molecule has 3 aromatic rings. The maximum Gasteiger partial charge on any atom is 0.131 e. The van der Waals surface area contributed by atoms with Gasteiger partial charge >= 0.3 is 0 Å². The van der Waals surface area contributed by atoms with Crippen molar-refractivity contribution in [2.24, 2.45) is 0 Å². The molecule has 2 aliphatic rings. The van der Waals surface area contributed by atoms with Gasteiger partial charge < -0.3 is 10.2 Å². The van der Waals surface area contributed by atoms with Crippen LogP contribution in [0.5, 0.6) is 0 Å². The number of halogens is 1. The fourth-order valence-electron chi connectivity index (χ4n) is 4.66. The van der Waals surface area contributed by atoms with Crippen molar-refractivity contribution >= 4 is 44.5 Å². The number of nitrogens with zero attached hydrogens (tertiary/aromatic N) is 3. The van der Waals surface area contributed by atoms with Crippen molar-refractivity contribution in [2.75, 3.05) is 23.8 Å². The summed E-state index contributed by atoms with van der Waals surface area (Å²) in [6.45, 7) is 6.54. The second-order valence-corrected chi connectivity index (χ2v) is 10.4. The molecule has 0 unspecified atom stereocenters. The number of allylic oxidation sites excluding steroid dienone is 5. The Kier molecular flexibility index (Phi) is 8.28. The molecule has 0 spiro atoms. The Balaban J connectivity index is 0.00000141. The summed E-state index contributed by atoms with van der Waals surface area (Å²) in [6, 6.07) is 12.7. The van der Waals surface area contributed by atoms with E-state index in [-0.39, 0.29) is 0 Å². The van der Waals surface area contributed by atoms with Gasteiger partial charge in [0.2, 0.25) is 0 Å². The van der Waals surface area contributed by atoms with Gasteiger partial charge in [0.25, 0.3) is 0 Å². The van der Waals surface area contributed by atoms with Crippen LogP contribution in [0, 0.1) is 18.8 Å². The first-order valence-electron chi connectivity index (χ1n) is 12.0. The van der Waals surface area contributed by atoms with E-state index >= 15 is 0 Å². The lowest BCUT2D eigenvalue weighted by Crippen LogP contribution is -2.21. The van der Waals surface area contributed by atoms with Gasteiger partial charge in [0.15, 0.2) is 0 Å². The average Bonchev–Trinajstić information content (AvgIpc) is 3.49. The summed E-state index contributed by atoms with van der Waals surface area (Å²) in [5, 5.41) is 10.7. The third-order valence-electron chi connectivity index (χ3n) is 6.80. The lowest BCUT2D eigenvalue weighted by atomic mass is 9.88. The molecular formula is C29H31ClN4S. The number of aromatic nitrogens is 1. The van der Waals surface area contributed by atoms with Crippen LogP contribution in [0.25, 0.3) is 10.2 Å². The summed E-state index contributed by atoms with van der Waals surface area (Å²) < 4.78 is 1.22. The molecule has 0 aliphatic heterocycles. The van der Waals surface area contributed by atoms with E-state index in [1.54, 1.807) is 5.57 Å². The van der Waals surface area contributed by atoms with Crippen molar-refractivity contribution in [1.29, 1.82) is 5.26 Å². The Morgan fingerprint density at radius 2 is 2.00 bits per heavy atom. The number of benzene rings is 1. The summed E-state index contributed by atoms with van der Waals surface area (Å²) >= 11 is 8.29. The van der Waals surface area contributed by atoms with E-state index in [2.05, 4.69) is 79.3 Å². The molecule has 1 saturated carbocycles. The Bertz CT molecular complexity index is 1290. The summed E-state index contributed by atoms with van der Waals surface area (Å²) in [4.78, 5) is 8.49. The van der Waals surface area contributed by atoms with Crippen molar-refractivity contribution in [3.63, 3.8) is 0 Å². The van der Waals surface area contributed by atoms with Crippen LogP contribution in [0.3, 0.4) is 0 Å². The number of hydrogen-bond acceptors (Lipinski definition) is 5. The molecule has 1 fully saturated rings. The zero-order valence-corrected chi connectivity index (χ0v) is 21.9. The van der Waals surface area contributed by atoms with E-state index < -0.39 is 0 Å². The Hall–Kier alpha value is -3.07. The molecule has 6 heteroatoms. The van der Waals surface area contributed by atoms with Crippen LogP contribution in [0.4, 0.5) is 11.4 Å². The number of nitrogens with one attached hydrogen (secondary N) is 1. The normalized spacial score (nSPS) is 14.2. The zero-order valence-electron chi connectivity index (χ0n) is 20.4. The van der Waals surface area contributed by atoms with E-state index in [0.29, 0.717) is 5.15 Å². The maximum atomic E-state index is 6.50. The minimum atomic E-state index is 0.553. The summed E-state index contributed by atoms with van der Waals surface area (Å²) in [7, 11) is 2.21. The predicted octanol–water partition coefficient (Wildman–Crippen LogP) is 8.20. The first-order valence-corrected chi connectivity index (χ1v) is 13.2. The molecular weight excluding hydrogens is 472 g/mol. The van der Waals surface area contributed by atoms with Crippen molar-refractivity contribution in [1.82, 2.24) is 4.98 Å². The molecule has 0 saturated heterocycles. The number of hydrogen-bond donors (Lipinski definition) is 1. The molecule has 1 aromatic carbocycles. The smallest absolute Gasteiger partial charge is 0.131 e. The van der Waals surface area contributed by atoms with Crippen molar-refractivity contribution in [3.05, 3.63) is 87.1 Å². The lowest BCUT2D eigenvalue weighted by molar-refractivity contribution is 0.634. The van der Waals surface area contributed by atoms with E-state index in [4.69, 9.17) is 21.8 Å². The highest BCUT2D eigenvalue weighted by Crippen LogP contribution is 2.39. The molecule has 0 amide bonds. The zero-order chi connectivity index (χ0) is 24.8. The molecule has 5 rings (SSSR count). The number of fused-ring (bicyclic) bond motifs is 1. The highest BCUT2D eigenvalue weighted by Gasteiger charge is 2.20. The van der Waals surface area contributed by atoms with Gasteiger partial charge in [-0.15, -0.1) is 11.3 Å². The fourth-order valence-corrected chi connectivity index (χ4v) is 6.09. The fraction of sp³-hybridized carbons (Fsp3) is 0.310.